The van der Waals surface area contributed by atoms with E-state index in [0.717, 1.165) is 20.8 Å². The molecular formula is C5H5BrFNS. The highest BCUT2D eigenvalue weighted by Crippen LogP contribution is 2.30. The topological polar surface area (TPSA) is 12.0 Å². The molecule has 0 amide bonds. The third kappa shape index (κ3) is 1.43. The van der Waals surface area contributed by atoms with Gasteiger partial charge in [0.15, 0.2) is 5.13 Å². The molecule has 1 rings (SSSR count). The van der Waals surface area contributed by atoms with Crippen molar-refractivity contribution in [2.45, 2.75) is 0 Å². The van der Waals surface area contributed by atoms with Crippen molar-refractivity contribution in [1.82, 2.24) is 0 Å². The first-order chi connectivity index (χ1) is 4.24. The van der Waals surface area contributed by atoms with Crippen LogP contribution in [0.3, 0.4) is 0 Å². The van der Waals surface area contributed by atoms with Crippen LogP contribution in [0.15, 0.2) is 9.85 Å². The van der Waals surface area contributed by atoms with Crippen molar-refractivity contribution < 1.29 is 4.39 Å². The van der Waals surface area contributed by atoms with E-state index in [1.165, 1.54) is 6.07 Å². The zero-order valence-electron chi connectivity index (χ0n) is 4.74. The van der Waals surface area contributed by atoms with Crippen LogP contribution in [-0.2, 0) is 0 Å². The maximum atomic E-state index is 12.3. The first kappa shape index (κ1) is 7.02. The summed E-state index contributed by atoms with van der Waals surface area (Å²) in [5, 5.41) is 2.66. The molecule has 1 N–H and O–H groups in total. The minimum Gasteiger partial charge on any atom is -0.386 e. The predicted molar refractivity (Wildman–Crippen MR) is 41.5 cm³/mol. The average molecular weight is 210 g/mol. The molecule has 0 aromatic carbocycles. The summed E-state index contributed by atoms with van der Waals surface area (Å²) in [7, 11) is 1.76. The van der Waals surface area contributed by atoms with Crippen molar-refractivity contribution in [1.29, 1.82) is 0 Å². The maximum Gasteiger partial charge on any atom is 0.179 e. The number of rotatable bonds is 1. The van der Waals surface area contributed by atoms with Crippen LogP contribution < -0.4 is 5.32 Å². The lowest BCUT2D eigenvalue weighted by Gasteiger charge is -1.90. The van der Waals surface area contributed by atoms with Gasteiger partial charge in [-0.2, -0.15) is 4.39 Å². The van der Waals surface area contributed by atoms with Gasteiger partial charge in [-0.25, -0.2) is 0 Å². The number of thiophene rings is 1. The van der Waals surface area contributed by atoms with Gasteiger partial charge in [-0.05, 0) is 15.9 Å². The van der Waals surface area contributed by atoms with Crippen molar-refractivity contribution in [2.75, 3.05) is 12.4 Å². The maximum absolute atomic E-state index is 12.3. The van der Waals surface area contributed by atoms with E-state index in [1.54, 1.807) is 7.05 Å². The van der Waals surface area contributed by atoms with Crippen LogP contribution in [0.2, 0.25) is 0 Å². The molecular weight excluding hydrogens is 205 g/mol. The van der Waals surface area contributed by atoms with Crippen LogP contribution in [0.1, 0.15) is 0 Å². The zero-order valence-corrected chi connectivity index (χ0v) is 7.14. The fourth-order valence-electron chi connectivity index (χ4n) is 0.511. The second-order valence-corrected chi connectivity index (χ2v) is 3.81. The highest BCUT2D eigenvalue weighted by Gasteiger charge is 2.02. The molecule has 1 aromatic rings. The summed E-state index contributed by atoms with van der Waals surface area (Å²) in [4.78, 5) is 0. The van der Waals surface area contributed by atoms with E-state index in [0.29, 0.717) is 0 Å². The molecule has 0 bridgehead atoms. The van der Waals surface area contributed by atoms with Gasteiger partial charge in [0.25, 0.3) is 0 Å². The molecule has 0 atom stereocenters. The van der Waals surface area contributed by atoms with Crippen LogP contribution in [0.4, 0.5) is 10.1 Å². The highest BCUT2D eigenvalue weighted by atomic mass is 79.9. The third-order valence-corrected chi connectivity index (χ3v) is 2.55. The molecule has 0 saturated carbocycles. The molecule has 1 heterocycles. The molecule has 1 aromatic heterocycles. The summed E-state index contributed by atoms with van der Waals surface area (Å²) in [6.45, 7) is 0. The van der Waals surface area contributed by atoms with E-state index in [1.807, 2.05) is 0 Å². The van der Waals surface area contributed by atoms with Gasteiger partial charge in [-0.15, -0.1) is 0 Å². The van der Waals surface area contributed by atoms with Gasteiger partial charge in [0, 0.05) is 13.1 Å². The second-order valence-electron chi connectivity index (χ2n) is 1.49. The number of anilines is 1. The average Bonchev–Trinajstić information content (AvgIpc) is 2.10. The summed E-state index contributed by atoms with van der Waals surface area (Å²) < 4.78 is 13.1. The Labute approximate surface area is 65.0 Å². The summed E-state index contributed by atoms with van der Waals surface area (Å²) in [6.07, 6.45) is 0. The molecule has 0 unspecified atom stereocenters. The molecule has 0 aliphatic carbocycles. The van der Waals surface area contributed by atoms with Crippen molar-refractivity contribution in [3.05, 3.63) is 15.0 Å². The van der Waals surface area contributed by atoms with Crippen LogP contribution in [-0.4, -0.2) is 7.05 Å². The Morgan fingerprint density at radius 1 is 1.78 bits per heavy atom. The smallest absolute Gasteiger partial charge is 0.179 e. The quantitative estimate of drug-likeness (QED) is 0.751. The first-order valence-corrected chi connectivity index (χ1v) is 3.97. The minimum absolute atomic E-state index is 0.175. The largest absolute Gasteiger partial charge is 0.386 e. The fourth-order valence-corrected chi connectivity index (χ4v) is 1.91. The second kappa shape index (κ2) is 2.66. The minimum atomic E-state index is -0.175. The lowest BCUT2D eigenvalue weighted by atomic mass is 10.5. The van der Waals surface area contributed by atoms with Gasteiger partial charge in [-0.1, -0.05) is 11.3 Å². The summed E-state index contributed by atoms with van der Waals surface area (Å²) in [5.74, 6) is 0. The Balaban J connectivity index is 3.01. The van der Waals surface area contributed by atoms with Crippen molar-refractivity contribution in [3.8, 4) is 0 Å². The van der Waals surface area contributed by atoms with E-state index in [4.69, 9.17) is 0 Å². The van der Waals surface area contributed by atoms with Crippen molar-refractivity contribution >= 4 is 33.0 Å². The van der Waals surface area contributed by atoms with Gasteiger partial charge >= 0.3 is 0 Å². The predicted octanol–water partition coefficient (Wildman–Crippen LogP) is 2.69. The Bertz CT molecular complexity index is 211. The standard InChI is InChI=1S/C5H5BrFNS/c1-8-3-2-4(7)9-5(3)6/h2,8H,1H3. The monoisotopic (exact) mass is 209 g/mol. The Kier molecular flexibility index (Phi) is 2.08. The third-order valence-electron chi connectivity index (χ3n) is 0.926. The van der Waals surface area contributed by atoms with Gasteiger partial charge in [-0.3, -0.25) is 0 Å². The number of halogens is 2. The van der Waals surface area contributed by atoms with Crippen LogP contribution >= 0.6 is 27.3 Å². The lowest BCUT2D eigenvalue weighted by Crippen LogP contribution is -1.83. The van der Waals surface area contributed by atoms with E-state index in [9.17, 15) is 4.39 Å². The molecule has 0 fully saturated rings. The normalized spacial score (nSPS) is 9.67. The van der Waals surface area contributed by atoms with Gasteiger partial charge in [0.2, 0.25) is 0 Å². The van der Waals surface area contributed by atoms with E-state index >= 15 is 0 Å². The molecule has 0 radical (unpaired) electrons. The van der Waals surface area contributed by atoms with Crippen molar-refractivity contribution in [3.63, 3.8) is 0 Å². The van der Waals surface area contributed by atoms with Gasteiger partial charge in [0.05, 0.1) is 9.47 Å². The van der Waals surface area contributed by atoms with Gasteiger partial charge < -0.3 is 5.32 Å². The van der Waals surface area contributed by atoms with E-state index < -0.39 is 0 Å². The Hall–Kier alpha value is -0.0900. The number of hydrogen-bond acceptors (Lipinski definition) is 2. The Morgan fingerprint density at radius 3 is 2.67 bits per heavy atom. The summed E-state index contributed by atoms with van der Waals surface area (Å²) in [6, 6.07) is 1.45. The highest BCUT2D eigenvalue weighted by molar-refractivity contribution is 9.11. The molecule has 9 heavy (non-hydrogen) atoms. The van der Waals surface area contributed by atoms with E-state index in [2.05, 4.69) is 21.2 Å². The summed E-state index contributed by atoms with van der Waals surface area (Å²) >= 11 is 4.27. The molecule has 1 nitrogen and oxygen atoms in total. The molecule has 0 aliphatic heterocycles. The fraction of sp³-hybridized carbons (Fsp3) is 0.200. The molecule has 50 valence electrons. The number of hydrogen-bond donors (Lipinski definition) is 1. The van der Waals surface area contributed by atoms with E-state index in [-0.39, 0.29) is 5.13 Å². The van der Waals surface area contributed by atoms with Gasteiger partial charge in [0.1, 0.15) is 0 Å². The summed E-state index contributed by atoms with van der Waals surface area (Å²) in [5.41, 5.74) is 0.803. The van der Waals surface area contributed by atoms with Crippen molar-refractivity contribution in [2.24, 2.45) is 0 Å². The Morgan fingerprint density at radius 2 is 2.44 bits per heavy atom. The van der Waals surface area contributed by atoms with Crippen LogP contribution in [0.5, 0.6) is 0 Å². The molecule has 0 aliphatic rings. The molecule has 0 saturated heterocycles. The SMILES string of the molecule is CNc1cc(F)sc1Br. The zero-order chi connectivity index (χ0) is 6.85. The number of nitrogens with one attached hydrogen (secondary N) is 1. The molecule has 0 spiro atoms. The molecule has 4 heteroatoms. The lowest BCUT2D eigenvalue weighted by molar-refractivity contribution is 0.657. The van der Waals surface area contributed by atoms with Crippen LogP contribution in [0, 0.1) is 5.13 Å². The van der Waals surface area contributed by atoms with Crippen LogP contribution in [0.25, 0.3) is 0 Å². The first-order valence-electron chi connectivity index (χ1n) is 2.36.